The zero-order chi connectivity index (χ0) is 16.9. The van der Waals surface area contributed by atoms with E-state index >= 15 is 0 Å². The second-order valence-corrected chi connectivity index (χ2v) is 6.63. The Kier molecular flexibility index (Phi) is 5.33. The molecule has 2 atom stereocenters. The van der Waals surface area contributed by atoms with Crippen LogP contribution in [0.4, 0.5) is 4.79 Å². The van der Waals surface area contributed by atoms with Gasteiger partial charge in [-0.15, -0.1) is 0 Å². The van der Waals surface area contributed by atoms with Gasteiger partial charge in [0, 0.05) is 19.2 Å². The van der Waals surface area contributed by atoms with Crippen LogP contribution in [0, 0.1) is 5.92 Å². The molecule has 1 aliphatic heterocycles. The number of rotatable bonds is 5. The molecule has 0 spiro atoms. The van der Waals surface area contributed by atoms with Crippen molar-refractivity contribution in [2.45, 2.75) is 38.6 Å². The van der Waals surface area contributed by atoms with Crippen LogP contribution in [0.5, 0.6) is 17.2 Å². The summed E-state index contributed by atoms with van der Waals surface area (Å²) in [6, 6.07) is 5.80. The van der Waals surface area contributed by atoms with Crippen LogP contribution in [0.2, 0.25) is 0 Å². The van der Waals surface area contributed by atoms with Gasteiger partial charge in [0.25, 0.3) is 0 Å². The molecule has 0 saturated heterocycles. The summed E-state index contributed by atoms with van der Waals surface area (Å²) in [6.45, 7) is 3.40. The van der Waals surface area contributed by atoms with E-state index in [2.05, 4.69) is 12.2 Å². The summed E-state index contributed by atoms with van der Waals surface area (Å²) < 4.78 is 16.2. The van der Waals surface area contributed by atoms with Gasteiger partial charge in [0.1, 0.15) is 12.4 Å². The molecule has 1 fully saturated rings. The van der Waals surface area contributed by atoms with E-state index in [4.69, 9.17) is 14.2 Å². The summed E-state index contributed by atoms with van der Waals surface area (Å²) in [5.74, 6) is 2.85. The average Bonchev–Trinajstić information content (AvgIpc) is 3.05. The highest BCUT2D eigenvalue weighted by molar-refractivity contribution is 5.74. The maximum absolute atomic E-state index is 12.2. The Bertz CT molecular complexity index is 578. The lowest BCUT2D eigenvalue weighted by atomic mass is 9.86. The molecule has 2 aliphatic rings. The molecule has 0 radical (unpaired) electrons. The molecule has 0 aromatic heterocycles. The number of benzene rings is 1. The first kappa shape index (κ1) is 16.7. The number of urea groups is 1. The summed E-state index contributed by atoms with van der Waals surface area (Å²) in [4.78, 5) is 14.1. The molecule has 24 heavy (non-hydrogen) atoms. The fourth-order valence-electron chi connectivity index (χ4n) is 3.34. The predicted octanol–water partition coefficient (Wildman–Crippen LogP) is 3.01. The van der Waals surface area contributed by atoms with Crippen molar-refractivity contribution < 1.29 is 19.0 Å². The van der Waals surface area contributed by atoms with E-state index in [1.807, 2.05) is 24.1 Å². The number of hydrogen-bond acceptors (Lipinski definition) is 4. The SMILES string of the molecule is CC1CCCC(N(C)C(=O)NCCOc2ccc3c(c2)OCO3)C1. The van der Waals surface area contributed by atoms with Gasteiger partial charge in [-0.05, 0) is 30.9 Å². The minimum absolute atomic E-state index is 0.0246. The first-order valence-electron chi connectivity index (χ1n) is 8.66. The fourth-order valence-corrected chi connectivity index (χ4v) is 3.34. The molecule has 1 heterocycles. The van der Waals surface area contributed by atoms with Gasteiger partial charge in [0.2, 0.25) is 6.79 Å². The Morgan fingerprint density at radius 1 is 1.33 bits per heavy atom. The smallest absolute Gasteiger partial charge is 0.317 e. The van der Waals surface area contributed by atoms with Gasteiger partial charge >= 0.3 is 6.03 Å². The van der Waals surface area contributed by atoms with E-state index in [-0.39, 0.29) is 12.8 Å². The quantitative estimate of drug-likeness (QED) is 0.841. The summed E-state index contributed by atoms with van der Waals surface area (Å²) in [7, 11) is 1.89. The first-order valence-corrected chi connectivity index (χ1v) is 8.66. The van der Waals surface area contributed by atoms with Crippen molar-refractivity contribution >= 4 is 6.03 Å². The normalized spacial score (nSPS) is 22.1. The second-order valence-electron chi connectivity index (χ2n) is 6.63. The van der Waals surface area contributed by atoms with Crippen LogP contribution in [-0.2, 0) is 0 Å². The Balaban J connectivity index is 1.39. The molecule has 1 aromatic carbocycles. The van der Waals surface area contributed by atoms with Gasteiger partial charge < -0.3 is 24.4 Å². The number of carbonyl (C=O) groups is 1. The highest BCUT2D eigenvalue weighted by Crippen LogP contribution is 2.35. The van der Waals surface area contributed by atoms with Gasteiger partial charge in [-0.2, -0.15) is 0 Å². The first-order chi connectivity index (χ1) is 11.6. The van der Waals surface area contributed by atoms with E-state index in [0.29, 0.717) is 36.6 Å². The van der Waals surface area contributed by atoms with E-state index in [9.17, 15) is 4.79 Å². The highest BCUT2D eigenvalue weighted by atomic mass is 16.7. The lowest BCUT2D eigenvalue weighted by Crippen LogP contribution is -2.46. The molecule has 6 nitrogen and oxygen atoms in total. The minimum atomic E-state index is -0.0246. The number of ether oxygens (including phenoxy) is 3. The standard InChI is InChI=1S/C18H26N2O4/c1-13-4-3-5-14(10-13)20(2)18(21)19-8-9-22-15-6-7-16-17(11-15)24-12-23-16/h6-7,11,13-14H,3-5,8-10,12H2,1-2H3,(H,19,21). The summed E-state index contributed by atoms with van der Waals surface area (Å²) in [5.41, 5.74) is 0. The maximum Gasteiger partial charge on any atom is 0.317 e. The van der Waals surface area contributed by atoms with Crippen LogP contribution in [0.25, 0.3) is 0 Å². The molecule has 2 unspecified atom stereocenters. The number of fused-ring (bicyclic) bond motifs is 1. The van der Waals surface area contributed by atoms with Crippen LogP contribution >= 0.6 is 0 Å². The number of nitrogens with zero attached hydrogens (tertiary/aromatic N) is 1. The van der Waals surface area contributed by atoms with Crippen molar-refractivity contribution in [1.82, 2.24) is 10.2 Å². The lowest BCUT2D eigenvalue weighted by molar-refractivity contribution is 0.158. The van der Waals surface area contributed by atoms with E-state index in [1.165, 1.54) is 12.8 Å². The highest BCUT2D eigenvalue weighted by Gasteiger charge is 2.25. The third-order valence-corrected chi connectivity index (χ3v) is 4.77. The Labute approximate surface area is 143 Å². The zero-order valence-electron chi connectivity index (χ0n) is 14.4. The molecule has 1 saturated carbocycles. The van der Waals surface area contributed by atoms with Crippen molar-refractivity contribution in [2.24, 2.45) is 5.92 Å². The van der Waals surface area contributed by atoms with Gasteiger partial charge in [-0.1, -0.05) is 19.8 Å². The molecule has 2 amide bonds. The molecular formula is C18H26N2O4. The van der Waals surface area contributed by atoms with Crippen molar-refractivity contribution in [3.8, 4) is 17.2 Å². The third kappa shape index (κ3) is 4.04. The maximum atomic E-state index is 12.2. The molecule has 1 aromatic rings. The van der Waals surface area contributed by atoms with Gasteiger partial charge in [0.15, 0.2) is 11.5 Å². The number of carbonyl (C=O) groups excluding carboxylic acids is 1. The monoisotopic (exact) mass is 334 g/mol. The molecule has 3 rings (SSSR count). The predicted molar refractivity (Wildman–Crippen MR) is 90.6 cm³/mol. The van der Waals surface area contributed by atoms with Crippen LogP contribution < -0.4 is 19.5 Å². The van der Waals surface area contributed by atoms with Crippen LogP contribution in [0.3, 0.4) is 0 Å². The third-order valence-electron chi connectivity index (χ3n) is 4.77. The summed E-state index contributed by atoms with van der Waals surface area (Å²) in [5, 5.41) is 2.92. The van der Waals surface area contributed by atoms with E-state index < -0.39 is 0 Å². The number of amides is 2. The van der Waals surface area contributed by atoms with Gasteiger partial charge in [0.05, 0.1) is 6.54 Å². The van der Waals surface area contributed by atoms with E-state index in [0.717, 1.165) is 18.6 Å². The van der Waals surface area contributed by atoms with E-state index in [1.54, 1.807) is 6.07 Å². The number of hydrogen-bond donors (Lipinski definition) is 1. The Morgan fingerprint density at radius 3 is 3.00 bits per heavy atom. The topological polar surface area (TPSA) is 60.0 Å². The van der Waals surface area contributed by atoms with Crippen LogP contribution in [-0.4, -0.2) is 44.0 Å². The lowest BCUT2D eigenvalue weighted by Gasteiger charge is -2.34. The van der Waals surface area contributed by atoms with Crippen LogP contribution in [0.1, 0.15) is 32.6 Å². The molecule has 132 valence electrons. The second kappa shape index (κ2) is 7.64. The molecule has 0 bridgehead atoms. The largest absolute Gasteiger partial charge is 0.492 e. The van der Waals surface area contributed by atoms with Gasteiger partial charge in [-0.25, -0.2) is 4.79 Å². The summed E-state index contributed by atoms with van der Waals surface area (Å²) in [6.07, 6.45) is 4.67. The zero-order valence-corrected chi connectivity index (χ0v) is 14.4. The molecular weight excluding hydrogens is 308 g/mol. The van der Waals surface area contributed by atoms with Crippen LogP contribution in [0.15, 0.2) is 18.2 Å². The summed E-state index contributed by atoms with van der Waals surface area (Å²) >= 11 is 0. The Morgan fingerprint density at radius 2 is 2.17 bits per heavy atom. The number of nitrogens with one attached hydrogen (secondary N) is 1. The fraction of sp³-hybridized carbons (Fsp3) is 0.611. The van der Waals surface area contributed by atoms with Gasteiger partial charge in [-0.3, -0.25) is 0 Å². The minimum Gasteiger partial charge on any atom is -0.492 e. The molecule has 1 N–H and O–H groups in total. The average molecular weight is 334 g/mol. The Hall–Kier alpha value is -2.11. The van der Waals surface area contributed by atoms with Crippen molar-refractivity contribution in [3.63, 3.8) is 0 Å². The van der Waals surface area contributed by atoms with Crippen molar-refractivity contribution in [2.75, 3.05) is 27.0 Å². The molecule has 1 aliphatic carbocycles. The van der Waals surface area contributed by atoms with Crippen molar-refractivity contribution in [1.29, 1.82) is 0 Å². The molecule has 6 heteroatoms. The van der Waals surface area contributed by atoms with Crippen molar-refractivity contribution in [3.05, 3.63) is 18.2 Å².